The van der Waals surface area contributed by atoms with Crippen LogP contribution in [0.25, 0.3) is 0 Å². The topological polar surface area (TPSA) is 58.9 Å². The van der Waals surface area contributed by atoms with Gasteiger partial charge in [-0.1, -0.05) is 47.6 Å². The van der Waals surface area contributed by atoms with Crippen molar-refractivity contribution in [3.63, 3.8) is 0 Å². The van der Waals surface area contributed by atoms with Crippen LogP contribution in [-0.2, 0) is 15.6 Å². The number of aromatic hydroxyl groups is 1. The molecule has 0 aliphatic rings. The van der Waals surface area contributed by atoms with Gasteiger partial charge in [0.05, 0.1) is 18.4 Å². The van der Waals surface area contributed by atoms with Gasteiger partial charge in [-0.3, -0.25) is 4.99 Å². The Morgan fingerprint density at radius 2 is 1.59 bits per heavy atom. The lowest BCUT2D eigenvalue weighted by Crippen LogP contribution is -2.17. The van der Waals surface area contributed by atoms with Crippen molar-refractivity contribution in [1.29, 1.82) is 0 Å². The molecule has 4 heteroatoms. The Morgan fingerprint density at radius 3 is 2.07 bits per heavy atom. The molecule has 2 rings (SSSR count). The van der Waals surface area contributed by atoms with Crippen LogP contribution in [0.3, 0.4) is 0 Å². The molecule has 0 amide bonds. The van der Waals surface area contributed by atoms with E-state index in [-0.39, 0.29) is 22.5 Å². The molecular formula is C23H29NO3. The van der Waals surface area contributed by atoms with Gasteiger partial charge >= 0.3 is 5.97 Å². The largest absolute Gasteiger partial charge is 0.507 e. The number of hydrogen-bond donors (Lipinski definition) is 1. The molecule has 4 nitrogen and oxygen atoms in total. The second-order valence-corrected chi connectivity index (χ2v) is 8.76. The number of esters is 1. The molecule has 0 heterocycles. The normalized spacial score (nSPS) is 12.4. The third-order valence-corrected chi connectivity index (χ3v) is 4.45. The molecule has 0 atom stereocenters. The zero-order valence-electron chi connectivity index (χ0n) is 17.3. The summed E-state index contributed by atoms with van der Waals surface area (Å²) in [7, 11) is 1.35. The van der Waals surface area contributed by atoms with Gasteiger partial charge in [0.25, 0.3) is 0 Å². The Bertz CT molecular complexity index is 851. The summed E-state index contributed by atoms with van der Waals surface area (Å²) in [5, 5.41) is 10.8. The number of hydrogen-bond acceptors (Lipinski definition) is 4. The summed E-state index contributed by atoms with van der Waals surface area (Å²) in [4.78, 5) is 16.0. The van der Waals surface area contributed by atoms with E-state index < -0.39 is 0 Å². The summed E-state index contributed by atoms with van der Waals surface area (Å²) in [5.74, 6) is -0.124. The molecule has 1 N–H and O–H groups in total. The van der Waals surface area contributed by atoms with Gasteiger partial charge in [0.1, 0.15) is 5.75 Å². The average Bonchev–Trinajstić information content (AvgIpc) is 2.58. The standard InChI is InChI=1S/C23H29NO3/c1-22(2,3)17-12-16(20(25)19(13-17)23(4,5)6)14-24-18-10-8-15(9-11-18)21(26)27-7/h8-14,25H,1-7H3. The Morgan fingerprint density at radius 1 is 1.00 bits per heavy atom. The fourth-order valence-corrected chi connectivity index (χ4v) is 2.71. The van der Waals surface area contributed by atoms with E-state index in [0.29, 0.717) is 16.8 Å². The first-order valence-electron chi connectivity index (χ1n) is 9.04. The highest BCUT2D eigenvalue weighted by Crippen LogP contribution is 2.37. The van der Waals surface area contributed by atoms with Crippen molar-refractivity contribution in [3.8, 4) is 5.75 Å². The van der Waals surface area contributed by atoms with Gasteiger partial charge in [-0.15, -0.1) is 0 Å². The lowest BCUT2D eigenvalue weighted by Gasteiger charge is -2.26. The van der Waals surface area contributed by atoms with Crippen molar-refractivity contribution in [2.24, 2.45) is 4.99 Å². The van der Waals surface area contributed by atoms with Crippen LogP contribution in [0, 0.1) is 0 Å². The molecule has 0 aliphatic heterocycles. The minimum Gasteiger partial charge on any atom is -0.507 e. The zero-order valence-corrected chi connectivity index (χ0v) is 17.3. The second-order valence-electron chi connectivity index (χ2n) is 8.76. The van der Waals surface area contributed by atoms with E-state index >= 15 is 0 Å². The number of rotatable bonds is 3. The number of benzene rings is 2. The van der Waals surface area contributed by atoms with Gasteiger partial charge in [0, 0.05) is 17.3 Å². The Balaban J connectivity index is 2.45. The molecule has 0 spiro atoms. The van der Waals surface area contributed by atoms with Gasteiger partial charge in [0.2, 0.25) is 0 Å². The number of carbonyl (C=O) groups is 1. The van der Waals surface area contributed by atoms with E-state index in [1.165, 1.54) is 7.11 Å². The first-order valence-corrected chi connectivity index (χ1v) is 9.04. The molecule has 2 aromatic carbocycles. The van der Waals surface area contributed by atoms with E-state index in [9.17, 15) is 9.90 Å². The molecule has 0 unspecified atom stereocenters. The fraction of sp³-hybridized carbons (Fsp3) is 0.391. The van der Waals surface area contributed by atoms with Crippen molar-refractivity contribution in [3.05, 3.63) is 58.7 Å². The first-order chi connectivity index (χ1) is 12.4. The van der Waals surface area contributed by atoms with Crippen LogP contribution in [-0.4, -0.2) is 24.4 Å². The predicted octanol–water partition coefficient (Wildman–Crippen LogP) is 5.52. The molecular weight excluding hydrogens is 338 g/mol. The number of methoxy groups -OCH3 is 1. The van der Waals surface area contributed by atoms with Crippen LogP contribution >= 0.6 is 0 Å². The van der Waals surface area contributed by atoms with Gasteiger partial charge in [-0.2, -0.15) is 0 Å². The summed E-state index contributed by atoms with van der Waals surface area (Å²) in [5.41, 5.74) is 3.67. The number of nitrogens with zero attached hydrogens (tertiary/aromatic N) is 1. The molecule has 0 saturated carbocycles. The van der Waals surface area contributed by atoms with E-state index in [1.807, 2.05) is 6.07 Å². The third kappa shape index (κ3) is 4.97. The van der Waals surface area contributed by atoms with Crippen LogP contribution in [0.1, 0.15) is 68.6 Å². The second kappa shape index (κ2) is 7.55. The summed E-state index contributed by atoms with van der Waals surface area (Å²) in [6.45, 7) is 12.7. The zero-order chi connectivity index (χ0) is 20.4. The smallest absolute Gasteiger partial charge is 0.337 e. The summed E-state index contributed by atoms with van der Waals surface area (Å²) in [6, 6.07) is 10.9. The maximum Gasteiger partial charge on any atom is 0.337 e. The molecule has 2 aromatic rings. The summed E-state index contributed by atoms with van der Waals surface area (Å²) >= 11 is 0. The minimum atomic E-state index is -0.379. The molecule has 27 heavy (non-hydrogen) atoms. The van der Waals surface area contributed by atoms with Crippen molar-refractivity contribution in [2.45, 2.75) is 52.4 Å². The minimum absolute atomic E-state index is 0.0432. The molecule has 0 radical (unpaired) electrons. The molecule has 0 aromatic heterocycles. The lowest BCUT2D eigenvalue weighted by atomic mass is 9.79. The van der Waals surface area contributed by atoms with Crippen molar-refractivity contribution >= 4 is 17.9 Å². The molecule has 0 aliphatic carbocycles. The highest BCUT2D eigenvalue weighted by atomic mass is 16.5. The number of carbonyl (C=O) groups excluding carboxylic acids is 1. The molecule has 144 valence electrons. The SMILES string of the molecule is COC(=O)c1ccc(N=Cc2cc(C(C)(C)C)cc(C(C)(C)C)c2O)cc1. The maximum atomic E-state index is 11.5. The quantitative estimate of drug-likeness (QED) is 0.573. The van der Waals surface area contributed by atoms with Crippen LogP contribution in [0.2, 0.25) is 0 Å². The molecule has 0 bridgehead atoms. The molecule has 0 saturated heterocycles. The van der Waals surface area contributed by atoms with Gasteiger partial charge < -0.3 is 9.84 Å². The van der Waals surface area contributed by atoms with Crippen LogP contribution < -0.4 is 0 Å². The van der Waals surface area contributed by atoms with Gasteiger partial charge in [-0.05, 0) is 46.7 Å². The third-order valence-electron chi connectivity index (χ3n) is 4.45. The highest BCUT2D eigenvalue weighted by Gasteiger charge is 2.24. The first kappa shape index (κ1) is 20.7. The van der Waals surface area contributed by atoms with Crippen molar-refractivity contribution < 1.29 is 14.6 Å². The Kier molecular flexibility index (Phi) is 5.79. The van der Waals surface area contributed by atoms with Crippen LogP contribution in [0.15, 0.2) is 41.4 Å². The predicted molar refractivity (Wildman–Crippen MR) is 111 cm³/mol. The highest BCUT2D eigenvalue weighted by molar-refractivity contribution is 5.90. The Hall–Kier alpha value is -2.62. The Labute approximate surface area is 161 Å². The number of phenols is 1. The molecule has 0 fully saturated rings. The average molecular weight is 367 g/mol. The van der Waals surface area contributed by atoms with Crippen molar-refractivity contribution in [2.75, 3.05) is 7.11 Å². The summed E-state index contributed by atoms with van der Waals surface area (Å²) < 4.78 is 4.70. The monoisotopic (exact) mass is 367 g/mol. The number of aliphatic imine (C=N–C) groups is 1. The van der Waals surface area contributed by atoms with E-state index in [0.717, 1.165) is 11.1 Å². The van der Waals surface area contributed by atoms with Crippen LogP contribution in [0.4, 0.5) is 5.69 Å². The number of phenolic OH excluding ortho intramolecular Hbond substituents is 1. The van der Waals surface area contributed by atoms with Gasteiger partial charge in [-0.25, -0.2) is 4.79 Å². The van der Waals surface area contributed by atoms with Crippen LogP contribution in [0.5, 0.6) is 5.75 Å². The number of ether oxygens (including phenoxy) is 1. The maximum absolute atomic E-state index is 11.5. The summed E-state index contributed by atoms with van der Waals surface area (Å²) in [6.07, 6.45) is 1.67. The fourth-order valence-electron chi connectivity index (χ4n) is 2.71. The van der Waals surface area contributed by atoms with Gasteiger partial charge in [0.15, 0.2) is 0 Å². The van der Waals surface area contributed by atoms with E-state index in [1.54, 1.807) is 30.5 Å². The van der Waals surface area contributed by atoms with E-state index in [2.05, 4.69) is 52.6 Å². The lowest BCUT2D eigenvalue weighted by molar-refractivity contribution is 0.0601. The van der Waals surface area contributed by atoms with E-state index in [4.69, 9.17) is 4.74 Å². The van der Waals surface area contributed by atoms with Crippen molar-refractivity contribution in [1.82, 2.24) is 0 Å².